The number of halogens is 1. The van der Waals surface area contributed by atoms with Gasteiger partial charge in [0.25, 0.3) is 0 Å². The number of para-hydroxylation sites is 1. The lowest BCUT2D eigenvalue weighted by Crippen LogP contribution is -2.02. The average molecular weight is 337 g/mol. The summed E-state index contributed by atoms with van der Waals surface area (Å²) in [7, 11) is 1.62. The largest absolute Gasteiger partial charge is 0.457 e. The Morgan fingerprint density at radius 2 is 1.80 bits per heavy atom. The predicted octanol–water partition coefficient (Wildman–Crippen LogP) is 4.40. The van der Waals surface area contributed by atoms with Crippen molar-refractivity contribution in [3.8, 4) is 11.5 Å². The summed E-state index contributed by atoms with van der Waals surface area (Å²) in [4.78, 5) is 0. The summed E-state index contributed by atoms with van der Waals surface area (Å²) in [6.45, 7) is 0.956. The molecular formula is C16H17BrO3. The van der Waals surface area contributed by atoms with Gasteiger partial charge in [0, 0.05) is 11.6 Å². The molecule has 2 rings (SSSR count). The summed E-state index contributed by atoms with van der Waals surface area (Å²) in [6, 6.07) is 15.7. The van der Waals surface area contributed by atoms with Crippen molar-refractivity contribution >= 4 is 15.9 Å². The van der Waals surface area contributed by atoms with E-state index in [-0.39, 0.29) is 0 Å². The van der Waals surface area contributed by atoms with E-state index >= 15 is 0 Å². The fourth-order valence-corrected chi connectivity index (χ4v) is 2.30. The molecule has 2 aromatic rings. The molecule has 0 saturated carbocycles. The molecule has 0 radical (unpaired) electrons. The number of benzene rings is 2. The molecule has 2 aromatic carbocycles. The van der Waals surface area contributed by atoms with Gasteiger partial charge in [-0.3, -0.25) is 0 Å². The minimum atomic E-state index is 0.326. The second-order valence-corrected chi connectivity index (χ2v) is 5.09. The summed E-state index contributed by atoms with van der Waals surface area (Å²) in [6.07, 6.45) is 0.829. The lowest BCUT2D eigenvalue weighted by molar-refractivity contribution is -0.0291. The zero-order valence-corrected chi connectivity index (χ0v) is 12.9. The van der Waals surface area contributed by atoms with E-state index in [1.807, 2.05) is 48.5 Å². The van der Waals surface area contributed by atoms with Gasteiger partial charge in [0.05, 0.1) is 6.61 Å². The highest BCUT2D eigenvalue weighted by atomic mass is 79.9. The molecular weight excluding hydrogens is 320 g/mol. The fraction of sp³-hybridized carbons (Fsp3) is 0.250. The average Bonchev–Trinajstić information content (AvgIpc) is 2.46. The van der Waals surface area contributed by atoms with Crippen LogP contribution in [-0.4, -0.2) is 20.5 Å². The van der Waals surface area contributed by atoms with E-state index < -0.39 is 0 Å². The van der Waals surface area contributed by atoms with Crippen LogP contribution < -0.4 is 4.74 Å². The van der Waals surface area contributed by atoms with Crippen molar-refractivity contribution in [2.24, 2.45) is 0 Å². The summed E-state index contributed by atoms with van der Waals surface area (Å²) in [5.74, 6) is 1.64. The smallest absolute Gasteiger partial charge is 0.146 e. The lowest BCUT2D eigenvalue weighted by atomic mass is 10.1. The van der Waals surface area contributed by atoms with Gasteiger partial charge in [-0.05, 0) is 36.2 Å². The van der Waals surface area contributed by atoms with Gasteiger partial charge < -0.3 is 14.2 Å². The molecule has 0 atom stereocenters. The van der Waals surface area contributed by atoms with Crippen molar-refractivity contribution in [3.05, 3.63) is 58.6 Å². The Balaban J connectivity index is 1.95. The molecule has 0 bridgehead atoms. The first kappa shape index (κ1) is 15.0. The highest BCUT2D eigenvalue weighted by Gasteiger charge is 2.03. The van der Waals surface area contributed by atoms with Crippen LogP contribution in [-0.2, 0) is 15.9 Å². The Morgan fingerprint density at radius 1 is 1.00 bits per heavy atom. The molecule has 0 aliphatic heterocycles. The summed E-state index contributed by atoms with van der Waals surface area (Å²) < 4.78 is 16.9. The van der Waals surface area contributed by atoms with Crippen LogP contribution in [0.2, 0.25) is 0 Å². The van der Waals surface area contributed by atoms with Crippen molar-refractivity contribution < 1.29 is 14.2 Å². The topological polar surface area (TPSA) is 27.7 Å². The molecule has 0 fully saturated rings. The normalized spacial score (nSPS) is 10.5. The molecule has 3 nitrogen and oxygen atoms in total. The van der Waals surface area contributed by atoms with Gasteiger partial charge in [-0.1, -0.05) is 40.2 Å². The van der Waals surface area contributed by atoms with Crippen LogP contribution in [0, 0.1) is 0 Å². The molecule has 20 heavy (non-hydrogen) atoms. The monoisotopic (exact) mass is 336 g/mol. The van der Waals surface area contributed by atoms with Gasteiger partial charge >= 0.3 is 0 Å². The fourth-order valence-electron chi connectivity index (χ4n) is 1.74. The quantitative estimate of drug-likeness (QED) is 0.553. The third kappa shape index (κ3) is 4.63. The Bertz CT molecular complexity index is 529. The highest BCUT2D eigenvalue weighted by Crippen LogP contribution is 2.27. The minimum absolute atomic E-state index is 0.326. The number of ether oxygens (including phenoxy) is 3. The standard InChI is InChI=1S/C16H17BrO3/c1-18-12-19-10-9-13-7-8-15(11-16(13)17)20-14-5-3-2-4-6-14/h2-8,11H,9-10,12H2,1H3. The van der Waals surface area contributed by atoms with Crippen LogP contribution in [0.3, 0.4) is 0 Å². The zero-order valence-electron chi connectivity index (χ0n) is 11.3. The van der Waals surface area contributed by atoms with Crippen molar-refractivity contribution in [2.45, 2.75) is 6.42 Å². The first-order valence-electron chi connectivity index (χ1n) is 6.37. The second kappa shape index (κ2) is 8.04. The first-order chi connectivity index (χ1) is 9.79. The molecule has 0 unspecified atom stereocenters. The van der Waals surface area contributed by atoms with Gasteiger partial charge in [0.2, 0.25) is 0 Å². The van der Waals surface area contributed by atoms with E-state index in [9.17, 15) is 0 Å². The van der Waals surface area contributed by atoms with Gasteiger partial charge in [-0.25, -0.2) is 0 Å². The minimum Gasteiger partial charge on any atom is -0.457 e. The van der Waals surface area contributed by atoms with E-state index in [2.05, 4.69) is 15.9 Å². The lowest BCUT2D eigenvalue weighted by Gasteiger charge is -2.09. The molecule has 0 saturated heterocycles. The first-order valence-corrected chi connectivity index (χ1v) is 7.17. The summed E-state index contributed by atoms with van der Waals surface area (Å²) >= 11 is 3.56. The second-order valence-electron chi connectivity index (χ2n) is 4.23. The zero-order chi connectivity index (χ0) is 14.2. The summed E-state index contributed by atoms with van der Waals surface area (Å²) in [5, 5.41) is 0. The van der Waals surface area contributed by atoms with Gasteiger partial charge in [-0.15, -0.1) is 0 Å². The Morgan fingerprint density at radius 3 is 2.50 bits per heavy atom. The van der Waals surface area contributed by atoms with E-state index in [1.165, 1.54) is 5.56 Å². The van der Waals surface area contributed by atoms with Gasteiger partial charge in [0.15, 0.2) is 0 Å². The Hall–Kier alpha value is -1.36. The van der Waals surface area contributed by atoms with Crippen molar-refractivity contribution in [1.82, 2.24) is 0 Å². The van der Waals surface area contributed by atoms with Crippen LogP contribution in [0.15, 0.2) is 53.0 Å². The van der Waals surface area contributed by atoms with E-state index in [1.54, 1.807) is 7.11 Å². The third-order valence-corrected chi connectivity index (χ3v) is 3.46. The summed E-state index contributed by atoms with van der Waals surface area (Å²) in [5.41, 5.74) is 1.18. The maximum Gasteiger partial charge on any atom is 0.146 e. The maximum absolute atomic E-state index is 5.78. The molecule has 0 aromatic heterocycles. The van der Waals surface area contributed by atoms with Crippen molar-refractivity contribution in [2.75, 3.05) is 20.5 Å². The molecule has 0 spiro atoms. The van der Waals surface area contributed by atoms with Gasteiger partial charge in [-0.2, -0.15) is 0 Å². The number of rotatable bonds is 7. The molecule has 0 aliphatic carbocycles. The Labute approximate surface area is 127 Å². The van der Waals surface area contributed by atoms with Crippen LogP contribution in [0.5, 0.6) is 11.5 Å². The van der Waals surface area contributed by atoms with Crippen LogP contribution in [0.4, 0.5) is 0 Å². The van der Waals surface area contributed by atoms with E-state index in [0.717, 1.165) is 22.4 Å². The van der Waals surface area contributed by atoms with Crippen LogP contribution in [0.1, 0.15) is 5.56 Å². The number of methoxy groups -OCH3 is 1. The van der Waals surface area contributed by atoms with Crippen LogP contribution in [0.25, 0.3) is 0 Å². The van der Waals surface area contributed by atoms with E-state index in [4.69, 9.17) is 14.2 Å². The third-order valence-electron chi connectivity index (χ3n) is 2.72. The SMILES string of the molecule is COCOCCc1ccc(Oc2ccccc2)cc1Br. The van der Waals surface area contributed by atoms with Crippen molar-refractivity contribution in [1.29, 1.82) is 0 Å². The predicted molar refractivity (Wildman–Crippen MR) is 82.2 cm³/mol. The number of hydrogen-bond donors (Lipinski definition) is 0. The molecule has 0 aliphatic rings. The molecule has 4 heteroatoms. The Kier molecular flexibility index (Phi) is 6.05. The highest BCUT2D eigenvalue weighted by molar-refractivity contribution is 9.10. The molecule has 0 heterocycles. The van der Waals surface area contributed by atoms with Crippen molar-refractivity contribution in [3.63, 3.8) is 0 Å². The molecule has 106 valence electrons. The molecule has 0 amide bonds. The van der Waals surface area contributed by atoms with E-state index in [0.29, 0.717) is 13.4 Å². The van der Waals surface area contributed by atoms with Gasteiger partial charge in [0.1, 0.15) is 18.3 Å². The number of hydrogen-bond acceptors (Lipinski definition) is 3. The maximum atomic E-state index is 5.78. The molecule has 0 N–H and O–H groups in total. The van der Waals surface area contributed by atoms with Crippen LogP contribution >= 0.6 is 15.9 Å².